The lowest BCUT2D eigenvalue weighted by atomic mass is 10.0. The summed E-state index contributed by atoms with van der Waals surface area (Å²) in [6, 6.07) is 9.64. The molecule has 2 rings (SSSR count). The Labute approximate surface area is 114 Å². The first kappa shape index (κ1) is 13.0. The molecular weight excluding hydrogens is 294 g/mol. The molecule has 2 aromatic rings. The monoisotopic (exact) mass is 307 g/mol. The average molecular weight is 308 g/mol. The van der Waals surface area contributed by atoms with Crippen molar-refractivity contribution >= 4 is 15.9 Å². The smallest absolute Gasteiger partial charge is 0.119 e. The van der Waals surface area contributed by atoms with Crippen LogP contribution in [0.15, 0.2) is 47.2 Å². The van der Waals surface area contributed by atoms with Gasteiger partial charge in [0.1, 0.15) is 5.75 Å². The van der Waals surface area contributed by atoms with Crippen LogP contribution in [-0.2, 0) is 0 Å². The highest BCUT2D eigenvalue weighted by Gasteiger charge is 2.13. The van der Waals surface area contributed by atoms with Crippen LogP contribution < -0.4 is 16.0 Å². The zero-order valence-corrected chi connectivity index (χ0v) is 11.5. The molecule has 1 aromatic carbocycles. The summed E-state index contributed by atoms with van der Waals surface area (Å²) in [5, 5.41) is 0. The number of hydrogen-bond donors (Lipinski definition) is 2. The summed E-state index contributed by atoms with van der Waals surface area (Å²) in [5.41, 5.74) is 4.81. The molecule has 0 aliphatic carbocycles. The van der Waals surface area contributed by atoms with Crippen LogP contribution in [0.5, 0.6) is 5.75 Å². The quantitative estimate of drug-likeness (QED) is 0.672. The molecule has 0 amide bonds. The molecule has 0 radical (unpaired) electrons. The van der Waals surface area contributed by atoms with Crippen LogP contribution in [0.1, 0.15) is 17.2 Å². The maximum absolute atomic E-state index is 5.64. The molecule has 0 aliphatic heterocycles. The van der Waals surface area contributed by atoms with Crippen LogP contribution in [-0.4, -0.2) is 12.1 Å². The Bertz CT molecular complexity index is 533. The van der Waals surface area contributed by atoms with Gasteiger partial charge < -0.3 is 4.74 Å². The zero-order valence-electron chi connectivity index (χ0n) is 9.93. The standard InChI is InChI=1S/C13H14BrN3O/c1-18-12-4-2-3-9(6-12)13(17-15)10-5-11(14)8-16-7-10/h2-8,13,17H,15H2,1H3. The summed E-state index contributed by atoms with van der Waals surface area (Å²) in [7, 11) is 1.64. The van der Waals surface area contributed by atoms with Gasteiger partial charge in [-0.25, -0.2) is 5.43 Å². The van der Waals surface area contributed by atoms with E-state index in [0.29, 0.717) is 0 Å². The molecule has 0 saturated heterocycles. The molecule has 0 aliphatic rings. The fraction of sp³-hybridized carbons (Fsp3) is 0.154. The number of rotatable bonds is 4. The Morgan fingerprint density at radius 3 is 2.78 bits per heavy atom. The van der Waals surface area contributed by atoms with E-state index in [2.05, 4.69) is 26.3 Å². The second kappa shape index (κ2) is 5.95. The maximum atomic E-state index is 5.64. The van der Waals surface area contributed by atoms with E-state index < -0.39 is 0 Å². The molecule has 1 aromatic heterocycles. The molecule has 0 fully saturated rings. The minimum absolute atomic E-state index is 0.120. The van der Waals surface area contributed by atoms with Crippen molar-refractivity contribution in [3.8, 4) is 5.75 Å². The number of hydrogen-bond acceptors (Lipinski definition) is 4. The Hall–Kier alpha value is -1.43. The van der Waals surface area contributed by atoms with Crippen molar-refractivity contribution in [1.82, 2.24) is 10.4 Å². The normalized spacial score (nSPS) is 12.2. The molecule has 3 N–H and O–H groups in total. The highest BCUT2D eigenvalue weighted by atomic mass is 79.9. The number of pyridine rings is 1. The van der Waals surface area contributed by atoms with E-state index >= 15 is 0 Å². The third-order valence-corrected chi connectivity index (χ3v) is 3.09. The largest absolute Gasteiger partial charge is 0.497 e. The average Bonchev–Trinajstić information content (AvgIpc) is 2.40. The molecule has 5 heteroatoms. The zero-order chi connectivity index (χ0) is 13.0. The minimum atomic E-state index is -0.120. The number of nitrogens with one attached hydrogen (secondary N) is 1. The van der Waals surface area contributed by atoms with Gasteiger partial charge in [0, 0.05) is 16.9 Å². The summed E-state index contributed by atoms with van der Waals surface area (Å²) < 4.78 is 6.14. The Morgan fingerprint density at radius 2 is 2.11 bits per heavy atom. The second-order valence-electron chi connectivity index (χ2n) is 3.81. The van der Waals surface area contributed by atoms with E-state index in [1.54, 1.807) is 19.5 Å². The highest BCUT2D eigenvalue weighted by molar-refractivity contribution is 9.10. The van der Waals surface area contributed by atoms with E-state index in [1.165, 1.54) is 0 Å². The molecule has 18 heavy (non-hydrogen) atoms. The Balaban J connectivity index is 2.38. The highest BCUT2D eigenvalue weighted by Crippen LogP contribution is 2.25. The van der Waals surface area contributed by atoms with Crippen LogP contribution in [0.2, 0.25) is 0 Å². The molecule has 1 unspecified atom stereocenters. The van der Waals surface area contributed by atoms with Crippen LogP contribution >= 0.6 is 15.9 Å². The van der Waals surface area contributed by atoms with Gasteiger partial charge in [-0.1, -0.05) is 12.1 Å². The lowest BCUT2D eigenvalue weighted by molar-refractivity contribution is 0.413. The van der Waals surface area contributed by atoms with Crippen molar-refractivity contribution in [3.05, 3.63) is 58.3 Å². The molecular formula is C13H14BrN3O. The van der Waals surface area contributed by atoms with Gasteiger partial charge >= 0.3 is 0 Å². The predicted octanol–water partition coefficient (Wildman–Crippen LogP) is 2.41. The number of benzene rings is 1. The molecule has 4 nitrogen and oxygen atoms in total. The number of halogens is 1. The van der Waals surface area contributed by atoms with E-state index in [0.717, 1.165) is 21.3 Å². The van der Waals surface area contributed by atoms with Crippen molar-refractivity contribution in [2.45, 2.75) is 6.04 Å². The number of ether oxygens (including phenoxy) is 1. The van der Waals surface area contributed by atoms with Crippen LogP contribution in [0.25, 0.3) is 0 Å². The van der Waals surface area contributed by atoms with Crippen LogP contribution in [0.3, 0.4) is 0 Å². The lowest BCUT2D eigenvalue weighted by Gasteiger charge is -2.17. The number of aromatic nitrogens is 1. The van der Waals surface area contributed by atoms with Gasteiger partial charge in [0.25, 0.3) is 0 Å². The lowest BCUT2D eigenvalue weighted by Crippen LogP contribution is -2.28. The van der Waals surface area contributed by atoms with E-state index in [-0.39, 0.29) is 6.04 Å². The molecule has 94 valence electrons. The van der Waals surface area contributed by atoms with Gasteiger partial charge in [0.15, 0.2) is 0 Å². The summed E-state index contributed by atoms with van der Waals surface area (Å²) in [4.78, 5) is 4.15. The van der Waals surface area contributed by atoms with Crippen molar-refractivity contribution in [2.75, 3.05) is 7.11 Å². The summed E-state index contributed by atoms with van der Waals surface area (Å²) >= 11 is 3.40. The summed E-state index contributed by atoms with van der Waals surface area (Å²) in [6.45, 7) is 0. The van der Waals surface area contributed by atoms with Crippen molar-refractivity contribution < 1.29 is 4.74 Å². The topological polar surface area (TPSA) is 60.2 Å². The third-order valence-electron chi connectivity index (χ3n) is 2.65. The van der Waals surface area contributed by atoms with Gasteiger partial charge in [-0.15, -0.1) is 0 Å². The SMILES string of the molecule is COc1cccc(C(NN)c2cncc(Br)c2)c1. The first-order chi connectivity index (χ1) is 8.74. The maximum Gasteiger partial charge on any atom is 0.119 e. The van der Waals surface area contributed by atoms with Gasteiger partial charge in [0.2, 0.25) is 0 Å². The van der Waals surface area contributed by atoms with Gasteiger partial charge in [0.05, 0.1) is 13.2 Å². The fourth-order valence-electron chi connectivity index (χ4n) is 1.79. The van der Waals surface area contributed by atoms with Gasteiger partial charge in [-0.2, -0.15) is 0 Å². The number of nitrogens with two attached hydrogens (primary N) is 1. The summed E-state index contributed by atoms with van der Waals surface area (Å²) in [5.74, 6) is 6.45. The van der Waals surface area contributed by atoms with E-state index in [4.69, 9.17) is 10.6 Å². The van der Waals surface area contributed by atoms with Crippen LogP contribution in [0, 0.1) is 0 Å². The molecule has 0 spiro atoms. The van der Waals surface area contributed by atoms with E-state index in [1.807, 2.05) is 30.3 Å². The minimum Gasteiger partial charge on any atom is -0.497 e. The number of hydrazine groups is 1. The number of methoxy groups -OCH3 is 1. The number of nitrogens with zero attached hydrogens (tertiary/aromatic N) is 1. The van der Waals surface area contributed by atoms with Crippen LogP contribution in [0.4, 0.5) is 0 Å². The van der Waals surface area contributed by atoms with E-state index in [9.17, 15) is 0 Å². The molecule has 1 atom stereocenters. The van der Waals surface area contributed by atoms with Crippen molar-refractivity contribution in [3.63, 3.8) is 0 Å². The van der Waals surface area contributed by atoms with Gasteiger partial charge in [-0.05, 0) is 45.3 Å². The van der Waals surface area contributed by atoms with Crippen molar-refractivity contribution in [2.24, 2.45) is 5.84 Å². The first-order valence-electron chi connectivity index (χ1n) is 5.45. The molecule has 0 bridgehead atoms. The second-order valence-corrected chi connectivity index (χ2v) is 4.73. The Kier molecular flexibility index (Phi) is 4.30. The first-order valence-corrected chi connectivity index (χ1v) is 6.24. The molecule has 0 saturated carbocycles. The van der Waals surface area contributed by atoms with Crippen molar-refractivity contribution in [1.29, 1.82) is 0 Å². The van der Waals surface area contributed by atoms with Gasteiger partial charge in [-0.3, -0.25) is 10.8 Å². The molecule has 1 heterocycles. The summed E-state index contributed by atoms with van der Waals surface area (Å²) in [6.07, 6.45) is 3.53. The third kappa shape index (κ3) is 2.87. The predicted molar refractivity (Wildman–Crippen MR) is 74.1 cm³/mol. The fourth-order valence-corrected chi connectivity index (χ4v) is 2.17. The Morgan fingerprint density at radius 1 is 1.28 bits per heavy atom.